The quantitative estimate of drug-likeness (QED) is 0.384. The van der Waals surface area contributed by atoms with E-state index in [1.165, 1.54) is 12.1 Å². The number of thioether (sulfide) groups is 1. The highest BCUT2D eigenvalue weighted by Crippen LogP contribution is 2.38. The van der Waals surface area contributed by atoms with E-state index in [-0.39, 0.29) is 30.9 Å². The number of aliphatic carboxylic acids is 1. The molecule has 1 aromatic carbocycles. The van der Waals surface area contributed by atoms with Crippen molar-refractivity contribution in [3.63, 3.8) is 0 Å². The fourth-order valence-corrected chi connectivity index (χ4v) is 5.22. The molecule has 0 radical (unpaired) electrons. The van der Waals surface area contributed by atoms with Crippen molar-refractivity contribution in [3.05, 3.63) is 30.1 Å². The molecule has 1 saturated carbocycles. The number of ether oxygens (including phenoxy) is 1. The maximum atomic E-state index is 12.9. The van der Waals surface area contributed by atoms with Crippen molar-refractivity contribution in [3.8, 4) is 5.75 Å². The number of benzene rings is 1. The summed E-state index contributed by atoms with van der Waals surface area (Å²) in [4.78, 5) is 10.5. The van der Waals surface area contributed by atoms with Crippen molar-refractivity contribution in [1.82, 2.24) is 0 Å². The van der Waals surface area contributed by atoms with E-state index in [4.69, 9.17) is 9.84 Å². The molecule has 1 fully saturated rings. The molecule has 29 heavy (non-hydrogen) atoms. The van der Waals surface area contributed by atoms with Gasteiger partial charge in [-0.25, -0.2) is 4.39 Å². The Bertz CT molecular complexity index is 597. The molecule has 0 bridgehead atoms. The van der Waals surface area contributed by atoms with Gasteiger partial charge in [0, 0.05) is 17.4 Å². The van der Waals surface area contributed by atoms with Crippen LogP contribution in [-0.2, 0) is 4.79 Å². The highest BCUT2D eigenvalue weighted by molar-refractivity contribution is 7.99. The summed E-state index contributed by atoms with van der Waals surface area (Å²) in [7, 11) is 0. The molecule has 1 aliphatic carbocycles. The summed E-state index contributed by atoms with van der Waals surface area (Å²) in [5, 5.41) is 29.5. The van der Waals surface area contributed by atoms with Crippen molar-refractivity contribution < 1.29 is 29.2 Å². The van der Waals surface area contributed by atoms with Gasteiger partial charge >= 0.3 is 5.97 Å². The molecule has 0 aromatic heterocycles. The second kappa shape index (κ2) is 13.1. The number of carbonyl (C=O) groups is 1. The zero-order valence-corrected chi connectivity index (χ0v) is 17.7. The number of aliphatic hydroxyl groups excluding tert-OH is 2. The van der Waals surface area contributed by atoms with Crippen LogP contribution in [0.3, 0.4) is 0 Å². The van der Waals surface area contributed by atoms with E-state index >= 15 is 0 Å². The van der Waals surface area contributed by atoms with Gasteiger partial charge in [-0.05, 0) is 55.9 Å². The van der Waals surface area contributed by atoms with Crippen molar-refractivity contribution in [1.29, 1.82) is 0 Å². The van der Waals surface area contributed by atoms with E-state index in [0.29, 0.717) is 16.8 Å². The first-order valence-electron chi connectivity index (χ1n) is 10.5. The number of carboxylic acid groups (broad SMARTS) is 1. The lowest BCUT2D eigenvalue weighted by Gasteiger charge is -2.23. The van der Waals surface area contributed by atoms with E-state index in [1.807, 2.05) is 0 Å². The topological polar surface area (TPSA) is 87.0 Å². The Labute approximate surface area is 176 Å². The Morgan fingerprint density at radius 1 is 1.14 bits per heavy atom. The molecular formula is C22H33FO5S. The summed E-state index contributed by atoms with van der Waals surface area (Å²) in [5.41, 5.74) is 0. The molecule has 1 aliphatic rings. The first-order valence-corrected chi connectivity index (χ1v) is 11.6. The number of rotatable bonds is 14. The van der Waals surface area contributed by atoms with Gasteiger partial charge in [0.05, 0.1) is 12.2 Å². The van der Waals surface area contributed by atoms with Gasteiger partial charge in [0.2, 0.25) is 0 Å². The smallest absolute Gasteiger partial charge is 0.303 e. The van der Waals surface area contributed by atoms with Gasteiger partial charge < -0.3 is 20.1 Å². The number of unbranched alkanes of at least 4 members (excludes halogenated alkanes) is 4. The Balaban J connectivity index is 1.61. The molecule has 0 aliphatic heterocycles. The second-order valence-electron chi connectivity index (χ2n) is 7.80. The molecule has 2 rings (SSSR count). The summed E-state index contributed by atoms with van der Waals surface area (Å²) in [6, 6.07) is 5.74. The van der Waals surface area contributed by atoms with Crippen LogP contribution >= 0.6 is 11.8 Å². The Hall–Kier alpha value is -1.31. The minimum Gasteiger partial charge on any atom is -0.491 e. The van der Waals surface area contributed by atoms with Gasteiger partial charge in [0.15, 0.2) is 0 Å². The minimum atomic E-state index is -0.732. The molecular weight excluding hydrogens is 395 g/mol. The van der Waals surface area contributed by atoms with Crippen LogP contribution in [-0.4, -0.2) is 51.1 Å². The summed E-state index contributed by atoms with van der Waals surface area (Å²) >= 11 is 1.70. The summed E-state index contributed by atoms with van der Waals surface area (Å²) in [6.07, 6.45) is 6.92. The molecule has 4 atom stereocenters. The molecule has 4 unspecified atom stereocenters. The van der Waals surface area contributed by atoms with Crippen LogP contribution in [0, 0.1) is 11.7 Å². The number of halogens is 1. The van der Waals surface area contributed by atoms with E-state index in [9.17, 15) is 19.4 Å². The molecule has 7 heteroatoms. The summed E-state index contributed by atoms with van der Waals surface area (Å²) in [5.74, 6) is 0.283. The lowest BCUT2D eigenvalue weighted by Crippen LogP contribution is -2.25. The van der Waals surface area contributed by atoms with Crippen molar-refractivity contribution >= 4 is 17.7 Å². The van der Waals surface area contributed by atoms with E-state index in [2.05, 4.69) is 0 Å². The monoisotopic (exact) mass is 428 g/mol. The van der Waals surface area contributed by atoms with Crippen LogP contribution in [0.25, 0.3) is 0 Å². The fourth-order valence-electron chi connectivity index (χ4n) is 3.79. The van der Waals surface area contributed by atoms with Gasteiger partial charge in [-0.2, -0.15) is 11.8 Å². The third kappa shape index (κ3) is 9.36. The average Bonchev–Trinajstić information content (AvgIpc) is 3.04. The third-order valence-electron chi connectivity index (χ3n) is 5.41. The van der Waals surface area contributed by atoms with Crippen LogP contribution in [0.1, 0.15) is 57.8 Å². The Morgan fingerprint density at radius 3 is 2.55 bits per heavy atom. The second-order valence-corrected chi connectivity index (χ2v) is 9.07. The van der Waals surface area contributed by atoms with Crippen LogP contribution in [0.2, 0.25) is 0 Å². The number of hydrogen-bond donors (Lipinski definition) is 3. The Morgan fingerprint density at radius 2 is 1.83 bits per heavy atom. The van der Waals surface area contributed by atoms with E-state index in [1.54, 1.807) is 23.9 Å². The highest BCUT2D eigenvalue weighted by atomic mass is 32.2. The maximum absolute atomic E-state index is 12.9. The molecule has 0 spiro atoms. The number of hydrogen-bond acceptors (Lipinski definition) is 5. The molecule has 0 saturated heterocycles. The minimum absolute atomic E-state index is 0.162. The standard InChI is InChI=1S/C22H33FO5S/c23-16-8-10-18(11-9-16)28-14-17(24)15-29-21-13-12-20(25)19(21)6-4-2-1-3-5-7-22(26)27/h8-11,17,19-21,24-25H,1-7,12-15H2,(H,26,27). The number of aliphatic hydroxyl groups is 2. The van der Waals surface area contributed by atoms with E-state index < -0.39 is 12.1 Å². The summed E-state index contributed by atoms with van der Waals surface area (Å²) < 4.78 is 18.4. The SMILES string of the molecule is O=C(O)CCCCCCCC1C(O)CCC1SCC(O)COc1ccc(F)cc1. The van der Waals surface area contributed by atoms with Gasteiger partial charge in [-0.3, -0.25) is 4.79 Å². The van der Waals surface area contributed by atoms with Gasteiger partial charge in [0.25, 0.3) is 0 Å². The van der Waals surface area contributed by atoms with Crippen molar-refractivity contribution in [2.75, 3.05) is 12.4 Å². The Kier molecular flexibility index (Phi) is 10.8. The van der Waals surface area contributed by atoms with Crippen molar-refractivity contribution in [2.45, 2.75) is 75.2 Å². The van der Waals surface area contributed by atoms with Crippen molar-refractivity contribution in [2.24, 2.45) is 5.92 Å². The summed E-state index contributed by atoms with van der Waals surface area (Å²) in [6.45, 7) is 0.162. The molecule has 5 nitrogen and oxygen atoms in total. The first-order chi connectivity index (χ1) is 14.0. The zero-order valence-electron chi connectivity index (χ0n) is 16.8. The van der Waals surface area contributed by atoms with Gasteiger partial charge in [-0.1, -0.05) is 25.7 Å². The number of carboxylic acids is 1. The lowest BCUT2D eigenvalue weighted by atomic mass is 9.97. The van der Waals surface area contributed by atoms with Crippen LogP contribution in [0.15, 0.2) is 24.3 Å². The van der Waals surface area contributed by atoms with Crippen LogP contribution in [0.5, 0.6) is 5.75 Å². The maximum Gasteiger partial charge on any atom is 0.303 e. The zero-order chi connectivity index (χ0) is 21.1. The predicted octanol–water partition coefficient (Wildman–Crippen LogP) is 4.25. The largest absolute Gasteiger partial charge is 0.491 e. The molecule has 3 N–H and O–H groups in total. The van der Waals surface area contributed by atoms with Gasteiger partial charge in [-0.15, -0.1) is 0 Å². The van der Waals surface area contributed by atoms with E-state index in [0.717, 1.165) is 51.4 Å². The van der Waals surface area contributed by atoms with Crippen LogP contribution < -0.4 is 4.74 Å². The normalized spacial score (nSPS) is 22.5. The molecule has 1 aromatic rings. The lowest BCUT2D eigenvalue weighted by molar-refractivity contribution is -0.137. The third-order valence-corrected chi connectivity index (χ3v) is 7.00. The van der Waals surface area contributed by atoms with Crippen LogP contribution in [0.4, 0.5) is 4.39 Å². The molecule has 0 amide bonds. The van der Waals surface area contributed by atoms with Gasteiger partial charge in [0.1, 0.15) is 18.2 Å². The average molecular weight is 429 g/mol. The molecule has 164 valence electrons. The first kappa shape index (κ1) is 24.0. The fraction of sp³-hybridized carbons (Fsp3) is 0.682. The molecule has 0 heterocycles. The predicted molar refractivity (Wildman–Crippen MR) is 113 cm³/mol. The highest BCUT2D eigenvalue weighted by Gasteiger charge is 2.34.